The second-order valence-electron chi connectivity index (χ2n) is 11.8. The molecule has 2 heterocycles. The molecule has 13 heteroatoms. The molecule has 1 aliphatic heterocycles. The van der Waals surface area contributed by atoms with Crippen LogP contribution in [0.2, 0.25) is 0 Å². The number of primary amides is 1. The maximum Gasteiger partial charge on any atom is 0.242 e. The zero-order valence-electron chi connectivity index (χ0n) is 24.2. The van der Waals surface area contributed by atoms with Gasteiger partial charge in [-0.1, -0.05) is 26.0 Å². The van der Waals surface area contributed by atoms with Gasteiger partial charge in [-0.05, 0) is 51.3 Å². The number of nitrogens with two attached hydrogens (primary N) is 1. The lowest BCUT2D eigenvalue weighted by atomic mass is 9.91. The van der Waals surface area contributed by atoms with Crippen LogP contribution in [0.5, 0.6) is 11.6 Å². The Morgan fingerprint density at radius 2 is 1.73 bits per heavy atom. The topological polar surface area (TPSA) is 209 Å². The Labute approximate surface area is 239 Å². The van der Waals surface area contributed by atoms with Gasteiger partial charge in [0.2, 0.25) is 24.0 Å². The average Bonchev–Trinajstić information content (AvgIpc) is 3.30. The van der Waals surface area contributed by atoms with Crippen LogP contribution in [0.3, 0.4) is 0 Å². The van der Waals surface area contributed by atoms with Crippen LogP contribution in [0.4, 0.5) is 0 Å². The zero-order valence-corrected chi connectivity index (χ0v) is 24.2. The Morgan fingerprint density at radius 1 is 1.10 bits per heavy atom. The SMILES string of the molecule is CC(C)c1[nH]nc(O[C@@H]2O[C@H](CO)[C@@H](O)[C@H](O)[C@H]2O)c1Cc1ccc(OCC(C)(C)C(=O)NC(C)(C)C(N)=O)cc1. The minimum Gasteiger partial charge on any atom is -0.492 e. The molecule has 0 radical (unpaired) electrons. The lowest BCUT2D eigenvalue weighted by molar-refractivity contribution is -0.278. The fourth-order valence-corrected chi connectivity index (χ4v) is 4.13. The molecule has 3 rings (SSSR count). The molecule has 41 heavy (non-hydrogen) atoms. The number of hydrogen-bond donors (Lipinski definition) is 7. The molecule has 0 aliphatic carbocycles. The fourth-order valence-electron chi connectivity index (χ4n) is 4.13. The van der Waals surface area contributed by atoms with Gasteiger partial charge >= 0.3 is 0 Å². The van der Waals surface area contributed by atoms with E-state index in [2.05, 4.69) is 15.5 Å². The Bertz CT molecular complexity index is 1190. The highest BCUT2D eigenvalue weighted by Gasteiger charge is 2.45. The monoisotopic (exact) mass is 578 g/mol. The molecule has 2 aromatic rings. The van der Waals surface area contributed by atoms with E-state index in [-0.39, 0.29) is 24.3 Å². The number of carbonyl (C=O) groups excluding carboxylic acids is 2. The van der Waals surface area contributed by atoms with Gasteiger partial charge in [0.1, 0.15) is 42.3 Å². The second kappa shape index (κ2) is 12.7. The standard InChI is InChI=1S/C28H42N4O9/c1-14(2)19-17(23(32-31-19)41-24-22(36)21(35)20(34)18(12-33)40-24)11-15-7-9-16(10-8-15)39-13-27(3,4)26(38)30-28(5,6)25(29)37/h7-10,14,18,20-22,24,33-36H,11-13H2,1-6H3,(H2,29,37)(H,30,38)(H,31,32)/t18-,20-,21+,22-,24+/m1/s1. The van der Waals surface area contributed by atoms with Crippen LogP contribution in [0.25, 0.3) is 0 Å². The minimum atomic E-state index is -1.57. The van der Waals surface area contributed by atoms with Crippen LogP contribution in [-0.4, -0.2) is 91.9 Å². The number of hydrogen-bond acceptors (Lipinski definition) is 10. The van der Waals surface area contributed by atoms with Crippen molar-refractivity contribution in [3.63, 3.8) is 0 Å². The van der Waals surface area contributed by atoms with Gasteiger partial charge in [0.05, 0.1) is 12.0 Å². The number of aromatic amines is 1. The Morgan fingerprint density at radius 3 is 2.29 bits per heavy atom. The van der Waals surface area contributed by atoms with Gasteiger partial charge in [-0.25, -0.2) is 0 Å². The number of aromatic nitrogens is 2. The smallest absolute Gasteiger partial charge is 0.242 e. The zero-order chi connectivity index (χ0) is 30.7. The van der Waals surface area contributed by atoms with Crippen molar-refractivity contribution >= 4 is 11.8 Å². The van der Waals surface area contributed by atoms with E-state index in [0.29, 0.717) is 17.7 Å². The van der Waals surface area contributed by atoms with Crippen molar-refractivity contribution in [1.29, 1.82) is 0 Å². The van der Waals surface area contributed by atoms with E-state index in [1.54, 1.807) is 26.0 Å². The third-order valence-electron chi connectivity index (χ3n) is 7.08. The van der Waals surface area contributed by atoms with Gasteiger partial charge in [0.15, 0.2) is 0 Å². The van der Waals surface area contributed by atoms with Crippen molar-refractivity contribution in [3.05, 3.63) is 41.1 Å². The summed E-state index contributed by atoms with van der Waals surface area (Å²) in [6.45, 7) is 9.93. The minimum absolute atomic E-state index is 0.0557. The Balaban J connectivity index is 1.70. The molecule has 0 spiro atoms. The van der Waals surface area contributed by atoms with Gasteiger partial charge in [-0.15, -0.1) is 5.10 Å². The van der Waals surface area contributed by atoms with Crippen LogP contribution in [0, 0.1) is 5.41 Å². The molecule has 1 aromatic heterocycles. The van der Waals surface area contributed by atoms with E-state index < -0.39 is 54.2 Å². The summed E-state index contributed by atoms with van der Waals surface area (Å²) < 4.78 is 17.2. The number of ether oxygens (including phenoxy) is 3. The molecule has 1 fully saturated rings. The number of amides is 2. The number of nitrogens with one attached hydrogen (secondary N) is 2. The van der Waals surface area contributed by atoms with Crippen LogP contribution < -0.4 is 20.5 Å². The number of carbonyl (C=O) groups is 2. The first-order valence-electron chi connectivity index (χ1n) is 13.5. The lowest BCUT2D eigenvalue weighted by Crippen LogP contribution is -2.60. The number of benzene rings is 1. The van der Waals surface area contributed by atoms with E-state index in [4.69, 9.17) is 19.9 Å². The maximum absolute atomic E-state index is 12.7. The summed E-state index contributed by atoms with van der Waals surface area (Å²) in [6, 6.07) is 7.24. The molecule has 0 saturated carbocycles. The summed E-state index contributed by atoms with van der Waals surface area (Å²) in [6.07, 6.45) is -6.71. The van der Waals surface area contributed by atoms with Crippen molar-refractivity contribution < 1.29 is 44.2 Å². The predicted molar refractivity (Wildman–Crippen MR) is 147 cm³/mol. The Hall–Kier alpha value is -3.23. The predicted octanol–water partition coefficient (Wildman–Crippen LogP) is 0.0877. The highest BCUT2D eigenvalue weighted by molar-refractivity contribution is 5.91. The molecule has 1 aliphatic rings. The number of H-pyrrole nitrogens is 1. The van der Waals surface area contributed by atoms with Crippen LogP contribution >= 0.6 is 0 Å². The summed E-state index contributed by atoms with van der Waals surface area (Å²) >= 11 is 0. The van der Waals surface area contributed by atoms with Gasteiger partial charge in [-0.3, -0.25) is 14.7 Å². The second-order valence-corrected chi connectivity index (χ2v) is 11.8. The molecule has 8 N–H and O–H groups in total. The number of aliphatic hydroxyl groups excluding tert-OH is 4. The van der Waals surface area contributed by atoms with Crippen molar-refractivity contribution in [3.8, 4) is 11.6 Å². The maximum atomic E-state index is 12.7. The van der Waals surface area contributed by atoms with E-state index in [1.165, 1.54) is 13.8 Å². The summed E-state index contributed by atoms with van der Waals surface area (Å²) in [4.78, 5) is 24.3. The van der Waals surface area contributed by atoms with Gasteiger partial charge in [-0.2, -0.15) is 0 Å². The molecule has 1 aromatic carbocycles. The summed E-state index contributed by atoms with van der Waals surface area (Å²) in [5.74, 6) is -0.257. The molecule has 0 unspecified atom stereocenters. The third kappa shape index (κ3) is 7.54. The van der Waals surface area contributed by atoms with Crippen molar-refractivity contribution in [2.45, 2.75) is 90.1 Å². The van der Waals surface area contributed by atoms with Crippen LogP contribution in [0.15, 0.2) is 24.3 Å². The molecule has 13 nitrogen and oxygen atoms in total. The van der Waals surface area contributed by atoms with Gasteiger partial charge in [0.25, 0.3) is 0 Å². The summed E-state index contributed by atoms with van der Waals surface area (Å²) in [5.41, 5.74) is 5.62. The number of aliphatic hydroxyl groups is 4. The number of rotatable bonds is 12. The lowest BCUT2D eigenvalue weighted by Gasteiger charge is -2.39. The summed E-state index contributed by atoms with van der Waals surface area (Å²) in [7, 11) is 0. The summed E-state index contributed by atoms with van der Waals surface area (Å²) in [5, 5.41) is 49.9. The molecule has 228 valence electrons. The van der Waals surface area contributed by atoms with E-state index >= 15 is 0 Å². The average molecular weight is 579 g/mol. The van der Waals surface area contributed by atoms with Crippen molar-refractivity contribution in [2.75, 3.05) is 13.2 Å². The largest absolute Gasteiger partial charge is 0.492 e. The van der Waals surface area contributed by atoms with Crippen LogP contribution in [0.1, 0.15) is 64.3 Å². The van der Waals surface area contributed by atoms with Crippen molar-refractivity contribution in [1.82, 2.24) is 15.5 Å². The first-order valence-corrected chi connectivity index (χ1v) is 13.5. The Kier molecular flexibility index (Phi) is 10.0. The van der Waals surface area contributed by atoms with Crippen LogP contribution in [-0.2, 0) is 20.7 Å². The first kappa shape index (κ1) is 32.3. The number of nitrogens with zero attached hydrogens (tertiary/aromatic N) is 1. The van der Waals surface area contributed by atoms with Gasteiger partial charge in [0, 0.05) is 17.7 Å². The quantitative estimate of drug-likeness (QED) is 0.180. The molecule has 0 bridgehead atoms. The molecule has 1 saturated heterocycles. The first-order chi connectivity index (χ1) is 19.1. The highest BCUT2D eigenvalue weighted by atomic mass is 16.7. The molecular weight excluding hydrogens is 536 g/mol. The highest BCUT2D eigenvalue weighted by Crippen LogP contribution is 2.31. The normalized spacial score (nSPS) is 23.3. The third-order valence-corrected chi connectivity index (χ3v) is 7.08. The molecule has 5 atom stereocenters. The molecular formula is C28H42N4O9. The van der Waals surface area contributed by atoms with Crippen molar-refractivity contribution in [2.24, 2.45) is 11.1 Å². The van der Waals surface area contributed by atoms with E-state index in [1.807, 2.05) is 26.0 Å². The van der Waals surface area contributed by atoms with Gasteiger partial charge < -0.3 is 45.7 Å². The fraction of sp³-hybridized carbons (Fsp3) is 0.607. The van der Waals surface area contributed by atoms with E-state index in [0.717, 1.165) is 11.3 Å². The van der Waals surface area contributed by atoms with E-state index in [9.17, 15) is 30.0 Å². The molecule has 2 amide bonds.